The third kappa shape index (κ3) is 102. The van der Waals surface area contributed by atoms with Crippen molar-refractivity contribution in [2.45, 2.75) is 0 Å². The molecular weight excluding hydrogens is 315 g/mol. The Morgan fingerprint density at radius 1 is 1.10 bits per heavy atom. The first-order chi connectivity index (χ1) is 3.46. The maximum absolute atomic E-state index is 8.61. The number of hydrogen-bond acceptors (Lipinski definition) is 6. The average molecular weight is 315 g/mol. The molecule has 0 rings (SSSR count). The Morgan fingerprint density at radius 2 is 1.10 bits per heavy atom. The first-order valence-electron chi connectivity index (χ1n) is 1.22. The fraction of sp³-hybridized carbons (Fsp3) is 0. The topological polar surface area (TPSA) is 126 Å². The van der Waals surface area contributed by atoms with E-state index < -0.39 is 41.3 Å². The minimum absolute atomic E-state index is 0. The van der Waals surface area contributed by atoms with Crippen LogP contribution in [0.1, 0.15) is 0 Å². The molecule has 0 bridgehead atoms. The fourth-order valence-corrected chi connectivity index (χ4v) is 0. The van der Waals surface area contributed by atoms with Gasteiger partial charge < -0.3 is 0 Å². The van der Waals surface area contributed by atoms with Crippen LogP contribution in [0.15, 0.2) is 0 Å². The van der Waals surface area contributed by atoms with E-state index in [4.69, 9.17) is 19.9 Å². The van der Waals surface area contributed by atoms with Crippen LogP contribution in [0.2, 0.25) is 0 Å². The van der Waals surface area contributed by atoms with Crippen molar-refractivity contribution in [2.75, 3.05) is 0 Å². The van der Waals surface area contributed by atoms with Crippen LogP contribution in [0.3, 0.4) is 0 Å². The van der Waals surface area contributed by atoms with E-state index in [0.717, 1.165) is 0 Å². The molecule has 0 aromatic heterocycles. The Labute approximate surface area is 133 Å². The summed E-state index contributed by atoms with van der Waals surface area (Å²) < 4.78 is 51.6. The van der Waals surface area contributed by atoms with Gasteiger partial charge in [-0.05, 0) is 0 Å². The molecule has 0 aromatic rings. The Morgan fingerprint density at radius 3 is 1.10 bits per heavy atom. The monoisotopic (exact) mass is 314 g/mol. The quantitative estimate of drug-likeness (QED) is 0.410. The second kappa shape index (κ2) is 18.4. The zero-order chi connectivity index (χ0) is 7.15. The van der Waals surface area contributed by atoms with Gasteiger partial charge in [0.15, 0.2) is 0 Å². The molecule has 0 radical (unpaired) electrons. The molecule has 0 amide bonds. The Balaban J connectivity index is -0.0000000300. The van der Waals surface area contributed by atoms with Crippen molar-refractivity contribution in [3.63, 3.8) is 0 Å². The molecule has 10 heteroatoms. The van der Waals surface area contributed by atoms with Crippen LogP contribution in [0.5, 0.6) is 0 Å². The van der Waals surface area contributed by atoms with Crippen molar-refractivity contribution in [3.05, 3.63) is 0 Å². The van der Waals surface area contributed by atoms with Gasteiger partial charge in [-0.1, -0.05) is 0 Å². The number of rotatable bonds is 0. The third-order valence-corrected chi connectivity index (χ3v) is 0. The fourth-order valence-electron chi connectivity index (χ4n) is 0. The molecule has 10 heavy (non-hydrogen) atoms. The zero-order valence-corrected chi connectivity index (χ0v) is 13.3. The van der Waals surface area contributed by atoms with Gasteiger partial charge in [-0.3, -0.25) is 0 Å². The molecule has 48 valence electrons. The van der Waals surface area contributed by atoms with Crippen molar-refractivity contribution in [3.8, 4) is 0 Å². The van der Waals surface area contributed by atoms with Crippen molar-refractivity contribution in [1.29, 1.82) is 0 Å². The van der Waals surface area contributed by atoms with E-state index in [9.17, 15) is 0 Å². The van der Waals surface area contributed by atoms with Gasteiger partial charge in [0, 0.05) is 0 Å². The molecule has 0 fully saturated rings. The summed E-state index contributed by atoms with van der Waals surface area (Å²) >= 11 is -8.38. The van der Waals surface area contributed by atoms with Crippen LogP contribution < -0.4 is 13.7 Å². The molecular formula is Ca2O6TiZr. The SMILES string of the molecule is [Ca+2].[Ca+2].[O]=[Ti]([O-])[O-].[O]=[Zr]([O-])[O-]. The zero-order valence-electron chi connectivity index (χ0n) is 4.86. The predicted molar refractivity (Wildman–Crippen MR) is 12.9 cm³/mol. The van der Waals surface area contributed by atoms with Gasteiger partial charge in [-0.2, -0.15) is 0 Å². The first kappa shape index (κ1) is 23.4. The summed E-state index contributed by atoms with van der Waals surface area (Å²) in [4.78, 5) is 0. The minimum atomic E-state index is -4.29. The molecule has 0 aliphatic carbocycles. The van der Waals surface area contributed by atoms with E-state index in [1.54, 1.807) is 0 Å². The van der Waals surface area contributed by atoms with Crippen molar-refractivity contribution in [1.82, 2.24) is 0 Å². The second-order valence-corrected chi connectivity index (χ2v) is 2.51. The van der Waals surface area contributed by atoms with Crippen LogP contribution in [0.25, 0.3) is 0 Å². The summed E-state index contributed by atoms with van der Waals surface area (Å²) in [5.74, 6) is 0. The summed E-state index contributed by atoms with van der Waals surface area (Å²) in [6.07, 6.45) is 0. The standard InChI is InChI=1S/2Ca.6O.Ti.Zr/q2*+2;;;4*-1;;. The van der Waals surface area contributed by atoms with Gasteiger partial charge in [0.1, 0.15) is 0 Å². The second-order valence-electron chi connectivity index (χ2n) is 0.500. The van der Waals surface area contributed by atoms with Crippen LogP contribution in [0.4, 0.5) is 0 Å². The number of hydrogen-bond donors (Lipinski definition) is 0. The van der Waals surface area contributed by atoms with Crippen molar-refractivity contribution in [2.24, 2.45) is 0 Å². The van der Waals surface area contributed by atoms with E-state index in [0.29, 0.717) is 0 Å². The average Bonchev–Trinajstić information content (AvgIpc) is 1.25. The Bertz CT molecular complexity index is 73.7. The van der Waals surface area contributed by atoms with E-state index in [2.05, 4.69) is 0 Å². The van der Waals surface area contributed by atoms with E-state index in [1.807, 2.05) is 0 Å². The molecule has 0 aliphatic rings. The molecule has 0 aliphatic heterocycles. The molecule has 0 spiro atoms. The van der Waals surface area contributed by atoms with Crippen LogP contribution in [0, 0.1) is 0 Å². The van der Waals surface area contributed by atoms with Crippen molar-refractivity contribution < 1.29 is 61.1 Å². The van der Waals surface area contributed by atoms with Crippen LogP contribution in [-0.2, 0) is 47.4 Å². The van der Waals surface area contributed by atoms with Crippen LogP contribution in [-0.4, -0.2) is 75.5 Å². The van der Waals surface area contributed by atoms with E-state index >= 15 is 0 Å². The molecule has 6 nitrogen and oxygen atoms in total. The van der Waals surface area contributed by atoms with E-state index in [-0.39, 0.29) is 75.5 Å². The van der Waals surface area contributed by atoms with Crippen molar-refractivity contribution >= 4 is 75.5 Å². The first-order valence-corrected chi connectivity index (χ1v) is 6.15. The third-order valence-electron chi connectivity index (χ3n) is 0. The van der Waals surface area contributed by atoms with E-state index in [1.165, 1.54) is 0 Å². The van der Waals surface area contributed by atoms with Crippen LogP contribution >= 0.6 is 0 Å². The van der Waals surface area contributed by atoms with Gasteiger partial charge in [-0.15, -0.1) is 0 Å². The summed E-state index contributed by atoms with van der Waals surface area (Å²) in [7, 11) is 0. The normalized spacial score (nSPS) is 5.20. The Hall–Kier alpha value is 3.56. The summed E-state index contributed by atoms with van der Waals surface area (Å²) in [5, 5.41) is 0. The van der Waals surface area contributed by atoms with Gasteiger partial charge in [0.05, 0.1) is 0 Å². The molecule has 0 saturated carbocycles. The molecule has 0 unspecified atom stereocenters. The summed E-state index contributed by atoms with van der Waals surface area (Å²) in [6.45, 7) is 0. The summed E-state index contributed by atoms with van der Waals surface area (Å²) in [6, 6.07) is 0. The Kier molecular flexibility index (Phi) is 43.0. The molecule has 0 N–H and O–H groups in total. The van der Waals surface area contributed by atoms with Gasteiger partial charge in [0.2, 0.25) is 0 Å². The summed E-state index contributed by atoms with van der Waals surface area (Å²) in [5.41, 5.74) is 0. The molecule has 0 saturated heterocycles. The predicted octanol–water partition coefficient (Wildman–Crippen LogP) is -5.76. The molecule has 0 atom stereocenters. The molecule has 0 heterocycles. The van der Waals surface area contributed by atoms with Gasteiger partial charge in [-0.25, -0.2) is 0 Å². The van der Waals surface area contributed by atoms with Gasteiger partial charge >= 0.3 is 137 Å². The maximum atomic E-state index is 8.61. The van der Waals surface area contributed by atoms with Gasteiger partial charge in [0.25, 0.3) is 0 Å². The molecule has 0 aromatic carbocycles.